The lowest BCUT2D eigenvalue weighted by Gasteiger charge is -2.09. The third kappa shape index (κ3) is 1.67. The Balaban J connectivity index is 2.68. The van der Waals surface area contributed by atoms with Crippen LogP contribution in [0.3, 0.4) is 0 Å². The molecule has 0 bridgehead atoms. The van der Waals surface area contributed by atoms with Gasteiger partial charge in [0.1, 0.15) is 17.2 Å². The summed E-state index contributed by atoms with van der Waals surface area (Å²) in [4.78, 5) is 0. The standard InChI is InChI=1S/C13H12O3/c1-8-5-6-9(12(16)7-8)13-10(14)3-2-4-11(13)15/h2-7,14-16H,1H3. The van der Waals surface area contributed by atoms with Gasteiger partial charge in [-0.1, -0.05) is 18.2 Å². The van der Waals surface area contributed by atoms with Crippen molar-refractivity contribution in [3.63, 3.8) is 0 Å². The lowest BCUT2D eigenvalue weighted by atomic mass is 10.0. The fraction of sp³-hybridized carbons (Fsp3) is 0.0769. The third-order valence-electron chi connectivity index (χ3n) is 2.44. The normalized spacial score (nSPS) is 10.3. The van der Waals surface area contributed by atoms with E-state index in [4.69, 9.17) is 0 Å². The lowest BCUT2D eigenvalue weighted by molar-refractivity contribution is 0.450. The van der Waals surface area contributed by atoms with Gasteiger partial charge in [0.25, 0.3) is 0 Å². The zero-order valence-electron chi connectivity index (χ0n) is 8.81. The highest BCUT2D eigenvalue weighted by Crippen LogP contribution is 2.41. The minimum absolute atomic E-state index is 0.0387. The summed E-state index contributed by atoms with van der Waals surface area (Å²) in [6.45, 7) is 1.86. The highest BCUT2D eigenvalue weighted by atomic mass is 16.3. The average molecular weight is 216 g/mol. The monoisotopic (exact) mass is 216 g/mol. The van der Waals surface area contributed by atoms with Crippen LogP contribution in [0.15, 0.2) is 36.4 Å². The molecule has 0 spiro atoms. The minimum atomic E-state index is -0.0563. The van der Waals surface area contributed by atoms with Crippen molar-refractivity contribution >= 4 is 0 Å². The van der Waals surface area contributed by atoms with Gasteiger partial charge in [0, 0.05) is 5.56 Å². The summed E-state index contributed by atoms with van der Waals surface area (Å²) in [6, 6.07) is 9.53. The molecule has 0 atom stereocenters. The smallest absolute Gasteiger partial charge is 0.127 e. The number of benzene rings is 2. The summed E-state index contributed by atoms with van der Waals surface area (Å²) in [6.07, 6.45) is 0. The Morgan fingerprint density at radius 1 is 0.812 bits per heavy atom. The molecule has 0 fully saturated rings. The Morgan fingerprint density at radius 2 is 1.44 bits per heavy atom. The molecule has 0 amide bonds. The number of phenols is 3. The number of aromatic hydroxyl groups is 3. The van der Waals surface area contributed by atoms with Crippen LogP contribution in [0.4, 0.5) is 0 Å². The highest BCUT2D eigenvalue weighted by molar-refractivity contribution is 5.80. The molecule has 0 aliphatic carbocycles. The van der Waals surface area contributed by atoms with E-state index < -0.39 is 0 Å². The van der Waals surface area contributed by atoms with Crippen molar-refractivity contribution in [1.29, 1.82) is 0 Å². The van der Waals surface area contributed by atoms with Gasteiger partial charge < -0.3 is 15.3 Å². The summed E-state index contributed by atoms with van der Waals surface area (Å²) < 4.78 is 0. The van der Waals surface area contributed by atoms with Crippen LogP contribution in [0.25, 0.3) is 11.1 Å². The molecule has 82 valence electrons. The molecule has 0 unspecified atom stereocenters. The Kier molecular flexibility index (Phi) is 2.44. The van der Waals surface area contributed by atoms with E-state index in [-0.39, 0.29) is 22.8 Å². The fourth-order valence-corrected chi connectivity index (χ4v) is 1.66. The predicted octanol–water partition coefficient (Wildman–Crippen LogP) is 2.78. The molecule has 3 N–H and O–H groups in total. The Bertz CT molecular complexity index is 512. The van der Waals surface area contributed by atoms with Crippen molar-refractivity contribution in [2.45, 2.75) is 6.92 Å². The molecule has 2 aromatic rings. The number of hydrogen-bond acceptors (Lipinski definition) is 3. The first-order valence-corrected chi connectivity index (χ1v) is 4.90. The Morgan fingerprint density at radius 3 is 2.00 bits per heavy atom. The van der Waals surface area contributed by atoms with E-state index in [1.165, 1.54) is 12.1 Å². The van der Waals surface area contributed by atoms with Crippen molar-refractivity contribution in [3.05, 3.63) is 42.0 Å². The molecule has 0 aliphatic rings. The van der Waals surface area contributed by atoms with Gasteiger partial charge >= 0.3 is 0 Å². The van der Waals surface area contributed by atoms with E-state index in [1.807, 2.05) is 6.92 Å². The Hall–Kier alpha value is -2.16. The summed E-state index contributed by atoms with van der Waals surface area (Å²) in [5.74, 6) is -0.0740. The van der Waals surface area contributed by atoms with Gasteiger partial charge in [-0.15, -0.1) is 0 Å². The van der Waals surface area contributed by atoms with Gasteiger partial charge in [0.15, 0.2) is 0 Å². The van der Waals surface area contributed by atoms with Crippen LogP contribution in [-0.2, 0) is 0 Å². The highest BCUT2D eigenvalue weighted by Gasteiger charge is 2.13. The van der Waals surface area contributed by atoms with Crippen LogP contribution in [0, 0.1) is 6.92 Å². The lowest BCUT2D eigenvalue weighted by Crippen LogP contribution is -1.83. The van der Waals surface area contributed by atoms with Crippen molar-refractivity contribution in [3.8, 4) is 28.4 Å². The van der Waals surface area contributed by atoms with E-state index in [0.717, 1.165) is 5.56 Å². The summed E-state index contributed by atoms with van der Waals surface area (Å²) in [5, 5.41) is 29.1. The Labute approximate surface area is 93.2 Å². The molecule has 0 heterocycles. The molecule has 0 saturated carbocycles. The van der Waals surface area contributed by atoms with Crippen LogP contribution in [0.5, 0.6) is 17.2 Å². The van der Waals surface area contributed by atoms with E-state index in [2.05, 4.69) is 0 Å². The molecule has 0 radical (unpaired) electrons. The van der Waals surface area contributed by atoms with Crippen LogP contribution in [-0.4, -0.2) is 15.3 Å². The fourth-order valence-electron chi connectivity index (χ4n) is 1.66. The number of rotatable bonds is 1. The number of aryl methyl sites for hydroxylation is 1. The molecular formula is C13H12O3. The van der Waals surface area contributed by atoms with Gasteiger partial charge in [0.2, 0.25) is 0 Å². The first kappa shape index (κ1) is 10.4. The SMILES string of the molecule is Cc1ccc(-c2c(O)cccc2O)c(O)c1. The average Bonchev–Trinajstić information content (AvgIpc) is 2.20. The van der Waals surface area contributed by atoms with Gasteiger partial charge in [-0.25, -0.2) is 0 Å². The zero-order valence-corrected chi connectivity index (χ0v) is 8.81. The maximum Gasteiger partial charge on any atom is 0.127 e. The van der Waals surface area contributed by atoms with Crippen molar-refractivity contribution in [2.24, 2.45) is 0 Å². The van der Waals surface area contributed by atoms with Crippen molar-refractivity contribution < 1.29 is 15.3 Å². The van der Waals surface area contributed by atoms with E-state index >= 15 is 0 Å². The van der Waals surface area contributed by atoms with E-state index in [9.17, 15) is 15.3 Å². The largest absolute Gasteiger partial charge is 0.507 e. The maximum absolute atomic E-state index is 9.77. The second-order valence-corrected chi connectivity index (χ2v) is 3.69. The first-order valence-electron chi connectivity index (χ1n) is 4.90. The van der Waals surface area contributed by atoms with E-state index in [0.29, 0.717) is 5.56 Å². The molecule has 3 nitrogen and oxygen atoms in total. The van der Waals surface area contributed by atoms with Crippen LogP contribution in [0.2, 0.25) is 0 Å². The molecule has 3 heteroatoms. The molecule has 2 aromatic carbocycles. The van der Waals surface area contributed by atoms with Gasteiger partial charge in [-0.2, -0.15) is 0 Å². The first-order chi connectivity index (χ1) is 7.59. The van der Waals surface area contributed by atoms with Crippen molar-refractivity contribution in [2.75, 3.05) is 0 Å². The van der Waals surface area contributed by atoms with E-state index in [1.54, 1.807) is 24.3 Å². The second-order valence-electron chi connectivity index (χ2n) is 3.69. The topological polar surface area (TPSA) is 60.7 Å². The van der Waals surface area contributed by atoms with Gasteiger partial charge in [0.05, 0.1) is 5.56 Å². The zero-order chi connectivity index (χ0) is 11.7. The summed E-state index contributed by atoms with van der Waals surface area (Å²) >= 11 is 0. The van der Waals surface area contributed by atoms with Gasteiger partial charge in [-0.05, 0) is 30.7 Å². The summed E-state index contributed by atoms with van der Waals surface area (Å²) in [7, 11) is 0. The van der Waals surface area contributed by atoms with Crippen LogP contribution >= 0.6 is 0 Å². The van der Waals surface area contributed by atoms with Crippen LogP contribution in [0.1, 0.15) is 5.56 Å². The molecular weight excluding hydrogens is 204 g/mol. The molecule has 2 rings (SSSR count). The minimum Gasteiger partial charge on any atom is -0.507 e. The van der Waals surface area contributed by atoms with Gasteiger partial charge in [-0.3, -0.25) is 0 Å². The van der Waals surface area contributed by atoms with Crippen LogP contribution < -0.4 is 0 Å². The third-order valence-corrected chi connectivity index (χ3v) is 2.44. The predicted molar refractivity (Wildman–Crippen MR) is 61.6 cm³/mol. The van der Waals surface area contributed by atoms with Crippen molar-refractivity contribution in [1.82, 2.24) is 0 Å². The quantitative estimate of drug-likeness (QED) is 0.686. The molecule has 0 aliphatic heterocycles. The number of hydrogen-bond donors (Lipinski definition) is 3. The molecule has 0 aromatic heterocycles. The number of phenolic OH excluding ortho intramolecular Hbond substituents is 3. The molecule has 16 heavy (non-hydrogen) atoms. The summed E-state index contributed by atoms with van der Waals surface area (Å²) in [5.41, 5.74) is 1.58. The molecule has 0 saturated heterocycles. The maximum atomic E-state index is 9.77. The second kappa shape index (κ2) is 3.77.